The quantitative estimate of drug-likeness (QED) is 0.878. The van der Waals surface area contributed by atoms with Crippen LogP contribution in [0.25, 0.3) is 0 Å². The van der Waals surface area contributed by atoms with Gasteiger partial charge in [0.15, 0.2) is 0 Å². The molecule has 2 rings (SSSR count). The first-order valence-corrected chi connectivity index (χ1v) is 5.55. The molecule has 0 atom stereocenters. The Kier molecular flexibility index (Phi) is 3.28. The lowest BCUT2D eigenvalue weighted by molar-refractivity contribution is 0.291. The van der Waals surface area contributed by atoms with E-state index in [0.29, 0.717) is 18.2 Å². The second-order valence-electron chi connectivity index (χ2n) is 4.16. The third-order valence-electron chi connectivity index (χ3n) is 2.55. The summed E-state index contributed by atoms with van der Waals surface area (Å²) in [6.45, 7) is 4.53. The fourth-order valence-electron chi connectivity index (χ4n) is 1.57. The van der Waals surface area contributed by atoms with E-state index >= 15 is 0 Å². The monoisotopic (exact) mass is 228 g/mol. The van der Waals surface area contributed by atoms with Crippen LogP contribution in [0.15, 0.2) is 36.5 Å². The van der Waals surface area contributed by atoms with Crippen molar-refractivity contribution in [3.8, 4) is 5.88 Å². The minimum absolute atomic E-state index is 0.526. The zero-order valence-electron chi connectivity index (χ0n) is 10.1. The van der Waals surface area contributed by atoms with E-state index in [4.69, 9.17) is 10.5 Å². The Bertz CT molecular complexity index is 506. The van der Waals surface area contributed by atoms with Gasteiger partial charge in [-0.1, -0.05) is 29.8 Å². The number of nitrogens with zero attached hydrogens (tertiary/aromatic N) is 1. The van der Waals surface area contributed by atoms with E-state index in [1.165, 1.54) is 5.56 Å². The van der Waals surface area contributed by atoms with Crippen LogP contribution in [0.3, 0.4) is 0 Å². The van der Waals surface area contributed by atoms with Crippen LogP contribution in [0.4, 0.5) is 5.69 Å². The van der Waals surface area contributed by atoms with Crippen molar-refractivity contribution in [2.24, 2.45) is 0 Å². The molecular weight excluding hydrogens is 212 g/mol. The second-order valence-corrected chi connectivity index (χ2v) is 4.16. The van der Waals surface area contributed by atoms with Crippen LogP contribution in [0.1, 0.15) is 16.7 Å². The van der Waals surface area contributed by atoms with E-state index in [-0.39, 0.29) is 0 Å². The van der Waals surface area contributed by atoms with Gasteiger partial charge in [-0.2, -0.15) is 0 Å². The predicted octanol–water partition coefficient (Wildman–Crippen LogP) is 2.86. The number of ether oxygens (including phenoxy) is 1. The van der Waals surface area contributed by atoms with Crippen LogP contribution >= 0.6 is 0 Å². The van der Waals surface area contributed by atoms with Crippen molar-refractivity contribution in [1.29, 1.82) is 0 Å². The Morgan fingerprint density at radius 2 is 1.88 bits per heavy atom. The molecule has 0 unspecified atom stereocenters. The number of pyridine rings is 1. The predicted molar refractivity (Wildman–Crippen MR) is 68.9 cm³/mol. The summed E-state index contributed by atoms with van der Waals surface area (Å²) in [6.07, 6.45) is 1.61. The number of hydrogen-bond acceptors (Lipinski definition) is 3. The van der Waals surface area contributed by atoms with Gasteiger partial charge in [0.1, 0.15) is 6.61 Å². The smallest absolute Gasteiger partial charge is 0.216 e. The summed E-state index contributed by atoms with van der Waals surface area (Å²) in [4.78, 5) is 4.16. The molecule has 2 N–H and O–H groups in total. The van der Waals surface area contributed by atoms with E-state index in [0.717, 1.165) is 11.1 Å². The maximum Gasteiger partial charge on any atom is 0.216 e. The van der Waals surface area contributed by atoms with Gasteiger partial charge in [0.2, 0.25) is 5.88 Å². The zero-order chi connectivity index (χ0) is 12.3. The van der Waals surface area contributed by atoms with E-state index in [9.17, 15) is 0 Å². The molecule has 1 aromatic carbocycles. The molecule has 0 amide bonds. The summed E-state index contributed by atoms with van der Waals surface area (Å²) in [5.41, 5.74) is 9.63. The zero-order valence-corrected chi connectivity index (χ0v) is 10.1. The van der Waals surface area contributed by atoms with Gasteiger partial charge in [-0.15, -0.1) is 0 Å². The number of hydrogen-bond donors (Lipinski definition) is 1. The number of benzene rings is 1. The molecular formula is C14H16N2O. The first kappa shape index (κ1) is 11.5. The average molecular weight is 228 g/mol. The molecule has 0 spiro atoms. The highest BCUT2D eigenvalue weighted by Crippen LogP contribution is 2.17. The Balaban J connectivity index is 2.04. The Morgan fingerprint density at radius 3 is 2.53 bits per heavy atom. The molecule has 0 aliphatic heterocycles. The van der Waals surface area contributed by atoms with Crippen LogP contribution in [-0.2, 0) is 6.61 Å². The summed E-state index contributed by atoms with van der Waals surface area (Å²) in [7, 11) is 0. The number of nitrogen functional groups attached to an aromatic ring is 1. The van der Waals surface area contributed by atoms with Crippen molar-refractivity contribution in [2.45, 2.75) is 20.5 Å². The molecule has 3 heteroatoms. The Morgan fingerprint density at radius 1 is 1.18 bits per heavy atom. The fraction of sp³-hybridized carbons (Fsp3) is 0.214. The van der Waals surface area contributed by atoms with Gasteiger partial charge in [0.25, 0.3) is 0 Å². The Hall–Kier alpha value is -2.03. The molecule has 1 aromatic heterocycles. The molecule has 17 heavy (non-hydrogen) atoms. The standard InChI is InChI=1S/C14H16N2O/c1-10-3-5-12(6-4-10)9-17-14-11(2)7-13(15)8-16-14/h3-8H,9,15H2,1-2H3. The van der Waals surface area contributed by atoms with E-state index in [1.807, 2.05) is 13.0 Å². The van der Waals surface area contributed by atoms with Gasteiger partial charge in [0.05, 0.1) is 11.9 Å². The van der Waals surface area contributed by atoms with Gasteiger partial charge < -0.3 is 10.5 Å². The fourth-order valence-corrected chi connectivity index (χ4v) is 1.57. The van der Waals surface area contributed by atoms with E-state index in [2.05, 4.69) is 36.2 Å². The molecule has 0 radical (unpaired) electrons. The van der Waals surface area contributed by atoms with Crippen molar-refractivity contribution in [3.05, 3.63) is 53.2 Å². The topological polar surface area (TPSA) is 48.1 Å². The largest absolute Gasteiger partial charge is 0.473 e. The molecule has 0 fully saturated rings. The molecule has 0 saturated heterocycles. The third kappa shape index (κ3) is 2.97. The van der Waals surface area contributed by atoms with Gasteiger partial charge in [0, 0.05) is 5.56 Å². The van der Waals surface area contributed by atoms with Gasteiger partial charge in [-0.3, -0.25) is 0 Å². The lowest BCUT2D eigenvalue weighted by Crippen LogP contribution is -2.00. The molecule has 88 valence electrons. The molecule has 2 aromatic rings. The highest BCUT2D eigenvalue weighted by molar-refractivity contribution is 5.41. The summed E-state index contributed by atoms with van der Waals surface area (Å²) < 4.78 is 5.65. The summed E-state index contributed by atoms with van der Waals surface area (Å²) in [5, 5.41) is 0. The van der Waals surface area contributed by atoms with Crippen LogP contribution in [-0.4, -0.2) is 4.98 Å². The van der Waals surface area contributed by atoms with Crippen LogP contribution in [0, 0.1) is 13.8 Å². The van der Waals surface area contributed by atoms with Crippen molar-refractivity contribution >= 4 is 5.69 Å². The molecule has 1 heterocycles. The highest BCUT2D eigenvalue weighted by atomic mass is 16.5. The second kappa shape index (κ2) is 4.87. The first-order valence-electron chi connectivity index (χ1n) is 5.55. The molecule has 0 saturated carbocycles. The Labute approximate surface area is 101 Å². The van der Waals surface area contributed by atoms with Crippen molar-refractivity contribution in [1.82, 2.24) is 4.98 Å². The lowest BCUT2D eigenvalue weighted by Gasteiger charge is -2.08. The van der Waals surface area contributed by atoms with Gasteiger partial charge in [-0.25, -0.2) is 4.98 Å². The number of nitrogens with two attached hydrogens (primary N) is 1. The molecule has 0 bridgehead atoms. The molecule has 3 nitrogen and oxygen atoms in total. The summed E-state index contributed by atoms with van der Waals surface area (Å²) >= 11 is 0. The maximum atomic E-state index is 5.65. The van der Waals surface area contributed by atoms with Crippen LogP contribution in [0.2, 0.25) is 0 Å². The maximum absolute atomic E-state index is 5.65. The number of rotatable bonds is 3. The normalized spacial score (nSPS) is 10.2. The molecule has 0 aliphatic rings. The van der Waals surface area contributed by atoms with Crippen LogP contribution < -0.4 is 10.5 Å². The number of anilines is 1. The number of aryl methyl sites for hydroxylation is 2. The lowest BCUT2D eigenvalue weighted by atomic mass is 10.2. The summed E-state index contributed by atoms with van der Waals surface area (Å²) in [6, 6.07) is 10.1. The minimum Gasteiger partial charge on any atom is -0.473 e. The van der Waals surface area contributed by atoms with E-state index in [1.54, 1.807) is 6.20 Å². The van der Waals surface area contributed by atoms with E-state index < -0.39 is 0 Å². The highest BCUT2D eigenvalue weighted by Gasteiger charge is 2.02. The summed E-state index contributed by atoms with van der Waals surface area (Å²) in [5.74, 6) is 0.639. The third-order valence-corrected chi connectivity index (χ3v) is 2.55. The first-order chi connectivity index (χ1) is 8.15. The average Bonchev–Trinajstić information content (AvgIpc) is 2.30. The number of aromatic nitrogens is 1. The van der Waals surface area contributed by atoms with Gasteiger partial charge in [-0.05, 0) is 25.5 Å². The van der Waals surface area contributed by atoms with Crippen molar-refractivity contribution in [3.63, 3.8) is 0 Å². The SMILES string of the molecule is Cc1ccc(COc2ncc(N)cc2C)cc1. The molecule has 0 aliphatic carbocycles. The van der Waals surface area contributed by atoms with Crippen molar-refractivity contribution < 1.29 is 4.74 Å². The minimum atomic E-state index is 0.526. The van der Waals surface area contributed by atoms with Gasteiger partial charge >= 0.3 is 0 Å². The van der Waals surface area contributed by atoms with Crippen molar-refractivity contribution in [2.75, 3.05) is 5.73 Å². The van der Waals surface area contributed by atoms with Crippen LogP contribution in [0.5, 0.6) is 5.88 Å².